The van der Waals surface area contributed by atoms with Crippen LogP contribution < -0.4 is 5.43 Å². The quantitative estimate of drug-likeness (QED) is 0.460. The molecule has 0 unspecified atom stereocenters. The minimum atomic E-state index is 0.536. The highest BCUT2D eigenvalue weighted by Gasteiger charge is 2.04. The van der Waals surface area contributed by atoms with Crippen molar-refractivity contribution in [3.63, 3.8) is 0 Å². The Bertz CT molecular complexity index is 840. The van der Waals surface area contributed by atoms with Crippen LogP contribution in [-0.4, -0.2) is 10.8 Å². The van der Waals surface area contributed by atoms with Gasteiger partial charge in [-0.25, -0.2) is 0 Å². The fourth-order valence-electron chi connectivity index (χ4n) is 2.56. The van der Waals surface area contributed by atoms with Gasteiger partial charge in [-0.1, -0.05) is 41.4 Å². The second-order valence-electron chi connectivity index (χ2n) is 5.51. The first kappa shape index (κ1) is 16.6. The molecule has 3 rings (SSSR count). The third-order valence-corrected chi connectivity index (χ3v) is 4.41. The molecule has 1 heterocycles. The Kier molecular flexibility index (Phi) is 4.93. The van der Waals surface area contributed by atoms with Gasteiger partial charge in [-0.2, -0.15) is 5.10 Å². The van der Waals surface area contributed by atoms with Gasteiger partial charge in [0.25, 0.3) is 0 Å². The molecule has 122 valence electrons. The van der Waals surface area contributed by atoms with Crippen molar-refractivity contribution in [2.45, 2.75) is 13.8 Å². The van der Waals surface area contributed by atoms with Crippen LogP contribution in [0.25, 0.3) is 5.69 Å². The van der Waals surface area contributed by atoms with Gasteiger partial charge >= 0.3 is 0 Å². The van der Waals surface area contributed by atoms with Gasteiger partial charge in [0, 0.05) is 17.1 Å². The van der Waals surface area contributed by atoms with Crippen molar-refractivity contribution in [1.82, 2.24) is 4.57 Å². The number of para-hydroxylation sites is 1. The van der Waals surface area contributed by atoms with E-state index in [0.717, 1.165) is 11.3 Å². The summed E-state index contributed by atoms with van der Waals surface area (Å²) in [5.41, 5.74) is 8.04. The van der Waals surface area contributed by atoms with Crippen LogP contribution in [0.5, 0.6) is 0 Å². The Morgan fingerprint density at radius 3 is 2.04 bits per heavy atom. The number of hydrazone groups is 1. The Morgan fingerprint density at radius 2 is 1.46 bits per heavy atom. The molecule has 24 heavy (non-hydrogen) atoms. The number of aromatic nitrogens is 1. The van der Waals surface area contributed by atoms with Gasteiger partial charge in [0.05, 0.1) is 21.9 Å². The number of benzene rings is 2. The summed E-state index contributed by atoms with van der Waals surface area (Å²) in [5, 5.41) is 5.28. The van der Waals surface area contributed by atoms with E-state index in [0.29, 0.717) is 15.7 Å². The van der Waals surface area contributed by atoms with E-state index < -0.39 is 0 Å². The highest BCUT2D eigenvalue weighted by molar-refractivity contribution is 6.39. The van der Waals surface area contributed by atoms with E-state index in [2.05, 4.69) is 53.2 Å². The maximum Gasteiger partial charge on any atom is 0.0934 e. The van der Waals surface area contributed by atoms with E-state index >= 15 is 0 Å². The zero-order valence-electron chi connectivity index (χ0n) is 13.4. The van der Waals surface area contributed by atoms with Crippen LogP contribution in [0, 0.1) is 13.8 Å². The van der Waals surface area contributed by atoms with Gasteiger partial charge in [-0.3, -0.25) is 5.43 Å². The molecule has 0 aliphatic rings. The van der Waals surface area contributed by atoms with Crippen molar-refractivity contribution in [3.8, 4) is 5.69 Å². The van der Waals surface area contributed by atoms with E-state index in [1.807, 2.05) is 12.1 Å². The van der Waals surface area contributed by atoms with Crippen molar-refractivity contribution in [3.05, 3.63) is 81.6 Å². The molecule has 0 bridgehead atoms. The van der Waals surface area contributed by atoms with Crippen LogP contribution in [0.3, 0.4) is 0 Å². The molecular formula is C19H17Cl2N3. The van der Waals surface area contributed by atoms with Crippen molar-refractivity contribution in [2.75, 3.05) is 5.43 Å². The van der Waals surface area contributed by atoms with Gasteiger partial charge < -0.3 is 4.57 Å². The maximum absolute atomic E-state index is 6.10. The topological polar surface area (TPSA) is 29.3 Å². The zero-order valence-corrected chi connectivity index (χ0v) is 14.9. The summed E-state index contributed by atoms with van der Waals surface area (Å²) < 4.78 is 2.21. The minimum absolute atomic E-state index is 0.536. The number of hydrogen-bond donors (Lipinski definition) is 1. The number of rotatable bonds is 4. The standard InChI is InChI=1S/C19H17Cl2N3/c1-13-6-7-14(2)24(13)16-10-8-15(9-11-16)12-22-23-19-17(20)4-3-5-18(19)21/h3-12,23H,1-2H3/b22-12+. The van der Waals surface area contributed by atoms with Crippen molar-refractivity contribution < 1.29 is 0 Å². The molecule has 3 aromatic rings. The molecule has 5 heteroatoms. The molecular weight excluding hydrogens is 341 g/mol. The number of anilines is 1. The SMILES string of the molecule is Cc1ccc(C)n1-c1ccc(/C=N/Nc2c(Cl)cccc2Cl)cc1. The Balaban J connectivity index is 1.75. The fourth-order valence-corrected chi connectivity index (χ4v) is 3.04. The second-order valence-corrected chi connectivity index (χ2v) is 6.32. The van der Waals surface area contributed by atoms with E-state index in [1.54, 1.807) is 24.4 Å². The van der Waals surface area contributed by atoms with Crippen LogP contribution in [0.4, 0.5) is 5.69 Å². The third-order valence-electron chi connectivity index (χ3n) is 3.78. The molecule has 0 saturated heterocycles. The first-order valence-electron chi connectivity index (χ1n) is 7.55. The van der Waals surface area contributed by atoms with Gasteiger partial charge in [0.2, 0.25) is 0 Å². The molecule has 0 fully saturated rings. The van der Waals surface area contributed by atoms with Gasteiger partial charge in [-0.15, -0.1) is 0 Å². The molecule has 1 N–H and O–H groups in total. The van der Waals surface area contributed by atoms with Gasteiger partial charge in [0.1, 0.15) is 0 Å². The predicted octanol–water partition coefficient (Wildman–Crippen LogP) is 5.85. The van der Waals surface area contributed by atoms with Gasteiger partial charge in [0.15, 0.2) is 0 Å². The first-order valence-corrected chi connectivity index (χ1v) is 8.30. The third kappa shape index (κ3) is 3.48. The van der Waals surface area contributed by atoms with E-state index in [1.165, 1.54) is 11.4 Å². The monoisotopic (exact) mass is 357 g/mol. The Hall–Kier alpha value is -2.23. The molecule has 0 radical (unpaired) electrons. The highest BCUT2D eigenvalue weighted by atomic mass is 35.5. The van der Waals surface area contributed by atoms with Crippen molar-refractivity contribution in [2.24, 2.45) is 5.10 Å². The van der Waals surface area contributed by atoms with Crippen LogP contribution in [0.15, 0.2) is 59.7 Å². The average molecular weight is 358 g/mol. The lowest BCUT2D eigenvalue weighted by atomic mass is 10.2. The van der Waals surface area contributed by atoms with Crippen LogP contribution >= 0.6 is 23.2 Å². The minimum Gasteiger partial charge on any atom is -0.319 e. The van der Waals surface area contributed by atoms with Crippen molar-refractivity contribution >= 4 is 35.1 Å². The van der Waals surface area contributed by atoms with Crippen LogP contribution in [0.2, 0.25) is 10.0 Å². The summed E-state index contributed by atoms with van der Waals surface area (Å²) in [5.74, 6) is 0. The van der Waals surface area contributed by atoms with Gasteiger partial charge in [-0.05, 0) is 55.8 Å². The Labute approximate surface area is 151 Å². The van der Waals surface area contributed by atoms with E-state index in [4.69, 9.17) is 23.2 Å². The van der Waals surface area contributed by atoms with E-state index in [9.17, 15) is 0 Å². The molecule has 0 aliphatic carbocycles. The van der Waals surface area contributed by atoms with Crippen molar-refractivity contribution in [1.29, 1.82) is 0 Å². The average Bonchev–Trinajstić information content (AvgIpc) is 2.90. The maximum atomic E-state index is 6.10. The molecule has 0 saturated carbocycles. The number of nitrogens with zero attached hydrogens (tertiary/aromatic N) is 2. The van der Waals surface area contributed by atoms with Crippen LogP contribution in [0.1, 0.15) is 17.0 Å². The smallest absolute Gasteiger partial charge is 0.0934 e. The zero-order chi connectivity index (χ0) is 17.1. The highest BCUT2D eigenvalue weighted by Crippen LogP contribution is 2.29. The number of hydrogen-bond acceptors (Lipinski definition) is 2. The molecule has 1 aromatic heterocycles. The molecule has 0 aliphatic heterocycles. The second kappa shape index (κ2) is 7.12. The predicted molar refractivity (Wildman–Crippen MR) is 103 cm³/mol. The number of nitrogens with one attached hydrogen (secondary N) is 1. The summed E-state index contributed by atoms with van der Waals surface area (Å²) in [7, 11) is 0. The summed E-state index contributed by atoms with van der Waals surface area (Å²) in [4.78, 5) is 0. The van der Waals surface area contributed by atoms with Crippen LogP contribution in [-0.2, 0) is 0 Å². The first-order chi connectivity index (χ1) is 11.6. The van der Waals surface area contributed by atoms with E-state index in [-0.39, 0.29) is 0 Å². The molecule has 0 atom stereocenters. The molecule has 3 nitrogen and oxygen atoms in total. The Morgan fingerprint density at radius 1 is 0.875 bits per heavy atom. The fraction of sp³-hybridized carbons (Fsp3) is 0.105. The lowest BCUT2D eigenvalue weighted by Crippen LogP contribution is -1.99. The molecule has 0 amide bonds. The summed E-state index contributed by atoms with van der Waals surface area (Å²) in [6, 6.07) is 17.7. The molecule has 2 aromatic carbocycles. The number of halogens is 2. The largest absolute Gasteiger partial charge is 0.319 e. The molecule has 0 spiro atoms. The summed E-state index contributed by atoms with van der Waals surface area (Å²) in [6.07, 6.45) is 1.73. The lowest BCUT2D eigenvalue weighted by Gasteiger charge is -2.09. The normalized spacial score (nSPS) is 11.2. The summed E-state index contributed by atoms with van der Waals surface area (Å²) >= 11 is 12.2. The lowest BCUT2D eigenvalue weighted by molar-refractivity contribution is 0.966. The number of aryl methyl sites for hydroxylation is 2. The summed E-state index contributed by atoms with van der Waals surface area (Å²) in [6.45, 7) is 4.19.